The zero-order valence-electron chi connectivity index (χ0n) is 11.3. The monoisotopic (exact) mass is 285 g/mol. The van der Waals surface area contributed by atoms with Crippen molar-refractivity contribution in [2.24, 2.45) is 0 Å². The summed E-state index contributed by atoms with van der Waals surface area (Å²) in [4.78, 5) is 15.9. The van der Waals surface area contributed by atoms with Crippen LogP contribution in [0.25, 0.3) is 0 Å². The van der Waals surface area contributed by atoms with Crippen molar-refractivity contribution in [3.8, 4) is 11.5 Å². The number of pyridine rings is 1. The summed E-state index contributed by atoms with van der Waals surface area (Å²) in [6.45, 7) is 0.846. The Hall–Kier alpha value is -2.76. The molecule has 108 valence electrons. The molecule has 0 fully saturated rings. The van der Waals surface area contributed by atoms with Gasteiger partial charge in [-0.15, -0.1) is 0 Å². The summed E-state index contributed by atoms with van der Waals surface area (Å²) >= 11 is 0. The zero-order valence-corrected chi connectivity index (χ0v) is 11.3. The van der Waals surface area contributed by atoms with Gasteiger partial charge in [-0.2, -0.15) is 0 Å². The second kappa shape index (κ2) is 6.13. The van der Waals surface area contributed by atoms with Gasteiger partial charge in [-0.05, 0) is 24.3 Å². The number of fused-ring (bicyclic) bond motifs is 1. The van der Waals surface area contributed by atoms with Crippen LogP contribution in [0.1, 0.15) is 5.69 Å². The highest BCUT2D eigenvalue weighted by Gasteiger charge is 2.13. The van der Waals surface area contributed by atoms with E-state index < -0.39 is 0 Å². The number of aromatic nitrogens is 1. The van der Waals surface area contributed by atoms with E-state index >= 15 is 0 Å². The number of amides is 1. The maximum atomic E-state index is 11.8. The highest BCUT2D eigenvalue weighted by atomic mass is 16.7. The van der Waals surface area contributed by atoms with Gasteiger partial charge in [-0.1, -0.05) is 6.07 Å². The molecule has 0 radical (unpaired) electrons. The third kappa shape index (κ3) is 3.42. The van der Waals surface area contributed by atoms with Crippen molar-refractivity contribution in [1.29, 1.82) is 0 Å². The molecule has 1 aliphatic heterocycles. The molecule has 2 aromatic rings. The number of carbonyl (C=O) groups is 1. The summed E-state index contributed by atoms with van der Waals surface area (Å²) in [6, 6.07) is 11.1. The molecule has 0 bridgehead atoms. The van der Waals surface area contributed by atoms with Gasteiger partial charge in [0.1, 0.15) is 0 Å². The molecule has 0 atom stereocenters. The Morgan fingerprint density at radius 1 is 1.19 bits per heavy atom. The van der Waals surface area contributed by atoms with Gasteiger partial charge < -0.3 is 20.1 Å². The number of ether oxygens (including phenoxy) is 2. The van der Waals surface area contributed by atoms with Crippen LogP contribution in [0.15, 0.2) is 42.6 Å². The van der Waals surface area contributed by atoms with E-state index in [-0.39, 0.29) is 19.2 Å². The van der Waals surface area contributed by atoms with Gasteiger partial charge in [0.2, 0.25) is 12.7 Å². The lowest BCUT2D eigenvalue weighted by Crippen LogP contribution is -2.29. The van der Waals surface area contributed by atoms with Crippen molar-refractivity contribution in [3.63, 3.8) is 0 Å². The van der Waals surface area contributed by atoms with Gasteiger partial charge in [0, 0.05) is 18.0 Å². The molecular formula is C15H15N3O3. The van der Waals surface area contributed by atoms with Gasteiger partial charge in [0.25, 0.3) is 0 Å². The van der Waals surface area contributed by atoms with Crippen LogP contribution in [-0.2, 0) is 11.3 Å². The Bertz CT molecular complexity index is 631. The lowest BCUT2D eigenvalue weighted by molar-refractivity contribution is -0.119. The number of anilines is 1. The van der Waals surface area contributed by atoms with Crippen LogP contribution in [0, 0.1) is 0 Å². The summed E-state index contributed by atoms with van der Waals surface area (Å²) in [5.74, 6) is 1.31. The predicted octanol–water partition coefficient (Wildman–Crippen LogP) is 1.54. The molecule has 0 spiro atoms. The molecule has 0 saturated carbocycles. The van der Waals surface area contributed by atoms with E-state index in [1.807, 2.05) is 36.4 Å². The summed E-state index contributed by atoms with van der Waals surface area (Å²) < 4.78 is 10.5. The normalized spacial score (nSPS) is 12.0. The van der Waals surface area contributed by atoms with E-state index in [1.54, 1.807) is 6.20 Å². The molecule has 1 aromatic heterocycles. The molecule has 6 nitrogen and oxygen atoms in total. The SMILES string of the molecule is O=C(CNc1ccc2c(c1)OCO2)NCc1ccccn1. The molecule has 3 rings (SSSR count). The van der Waals surface area contributed by atoms with Crippen molar-refractivity contribution >= 4 is 11.6 Å². The van der Waals surface area contributed by atoms with Gasteiger partial charge in [-0.25, -0.2) is 0 Å². The maximum Gasteiger partial charge on any atom is 0.239 e. The van der Waals surface area contributed by atoms with E-state index in [4.69, 9.17) is 9.47 Å². The summed E-state index contributed by atoms with van der Waals surface area (Å²) in [5, 5.41) is 5.84. The van der Waals surface area contributed by atoms with Crippen molar-refractivity contribution < 1.29 is 14.3 Å². The van der Waals surface area contributed by atoms with Gasteiger partial charge in [0.05, 0.1) is 18.8 Å². The second-order valence-corrected chi connectivity index (χ2v) is 4.52. The fourth-order valence-corrected chi connectivity index (χ4v) is 1.94. The van der Waals surface area contributed by atoms with Crippen LogP contribution in [0.4, 0.5) is 5.69 Å². The van der Waals surface area contributed by atoms with E-state index in [1.165, 1.54) is 0 Å². The largest absolute Gasteiger partial charge is 0.454 e. The first-order valence-corrected chi connectivity index (χ1v) is 6.61. The lowest BCUT2D eigenvalue weighted by Gasteiger charge is -2.08. The minimum Gasteiger partial charge on any atom is -0.454 e. The maximum absolute atomic E-state index is 11.8. The molecule has 0 saturated heterocycles. The molecule has 0 aliphatic carbocycles. The highest BCUT2D eigenvalue weighted by Crippen LogP contribution is 2.34. The minimum absolute atomic E-state index is 0.0988. The Kier molecular flexibility index (Phi) is 3.86. The smallest absolute Gasteiger partial charge is 0.239 e. The Labute approximate surface area is 122 Å². The molecule has 0 unspecified atom stereocenters. The summed E-state index contributed by atoms with van der Waals surface area (Å²) in [5.41, 5.74) is 1.64. The van der Waals surface area contributed by atoms with Crippen LogP contribution < -0.4 is 20.1 Å². The molecular weight excluding hydrogens is 270 g/mol. The number of nitrogens with one attached hydrogen (secondary N) is 2. The quantitative estimate of drug-likeness (QED) is 0.872. The minimum atomic E-state index is -0.0988. The van der Waals surface area contributed by atoms with Gasteiger partial charge in [0.15, 0.2) is 11.5 Å². The second-order valence-electron chi connectivity index (χ2n) is 4.52. The predicted molar refractivity (Wildman–Crippen MR) is 77.1 cm³/mol. The number of rotatable bonds is 5. The Morgan fingerprint density at radius 2 is 2.10 bits per heavy atom. The molecule has 6 heteroatoms. The van der Waals surface area contributed by atoms with E-state index in [0.717, 1.165) is 17.1 Å². The average molecular weight is 285 g/mol. The number of benzene rings is 1. The van der Waals surface area contributed by atoms with Crippen LogP contribution in [-0.4, -0.2) is 24.2 Å². The van der Waals surface area contributed by atoms with Crippen molar-refractivity contribution in [1.82, 2.24) is 10.3 Å². The summed E-state index contributed by atoms with van der Waals surface area (Å²) in [6.07, 6.45) is 1.70. The number of carbonyl (C=O) groups excluding carboxylic acids is 1. The van der Waals surface area contributed by atoms with Crippen LogP contribution in [0.2, 0.25) is 0 Å². The van der Waals surface area contributed by atoms with E-state index in [2.05, 4.69) is 15.6 Å². The highest BCUT2D eigenvalue weighted by molar-refractivity contribution is 5.80. The van der Waals surface area contributed by atoms with Crippen LogP contribution in [0.5, 0.6) is 11.5 Å². The van der Waals surface area contributed by atoms with E-state index in [0.29, 0.717) is 12.3 Å². The van der Waals surface area contributed by atoms with Crippen molar-refractivity contribution in [2.45, 2.75) is 6.54 Å². The van der Waals surface area contributed by atoms with E-state index in [9.17, 15) is 4.79 Å². The third-order valence-electron chi connectivity index (χ3n) is 3.02. The first-order chi connectivity index (χ1) is 10.3. The summed E-state index contributed by atoms with van der Waals surface area (Å²) in [7, 11) is 0. The fraction of sp³-hybridized carbons (Fsp3) is 0.200. The molecule has 21 heavy (non-hydrogen) atoms. The first-order valence-electron chi connectivity index (χ1n) is 6.61. The van der Waals surface area contributed by atoms with Crippen molar-refractivity contribution in [2.75, 3.05) is 18.7 Å². The van der Waals surface area contributed by atoms with Crippen molar-refractivity contribution in [3.05, 3.63) is 48.3 Å². The number of hydrogen-bond acceptors (Lipinski definition) is 5. The molecule has 2 heterocycles. The van der Waals surface area contributed by atoms with Crippen LogP contribution >= 0.6 is 0 Å². The van der Waals surface area contributed by atoms with Gasteiger partial charge in [-0.3, -0.25) is 9.78 Å². The van der Waals surface area contributed by atoms with Crippen LogP contribution in [0.3, 0.4) is 0 Å². The third-order valence-corrected chi connectivity index (χ3v) is 3.02. The first kappa shape index (κ1) is 13.2. The fourth-order valence-electron chi connectivity index (χ4n) is 1.94. The zero-order chi connectivity index (χ0) is 14.5. The molecule has 1 aromatic carbocycles. The Morgan fingerprint density at radius 3 is 2.95 bits per heavy atom. The topological polar surface area (TPSA) is 72.5 Å². The number of nitrogens with zero attached hydrogens (tertiary/aromatic N) is 1. The molecule has 1 amide bonds. The Balaban J connectivity index is 1.47. The standard InChI is InChI=1S/C15H15N3O3/c19-15(18-8-12-3-1-2-6-16-12)9-17-11-4-5-13-14(7-11)21-10-20-13/h1-7,17H,8-10H2,(H,18,19). The molecule has 1 aliphatic rings. The lowest BCUT2D eigenvalue weighted by atomic mass is 10.3. The van der Waals surface area contributed by atoms with Gasteiger partial charge >= 0.3 is 0 Å². The number of hydrogen-bond donors (Lipinski definition) is 2. The average Bonchev–Trinajstić information content (AvgIpc) is 2.99. The molecule has 2 N–H and O–H groups in total.